The van der Waals surface area contributed by atoms with Gasteiger partial charge in [-0.3, -0.25) is 0 Å². The van der Waals surface area contributed by atoms with E-state index in [1.807, 2.05) is 0 Å². The lowest BCUT2D eigenvalue weighted by Crippen LogP contribution is -1.97. The number of fused-ring (bicyclic) bond motifs is 1. The van der Waals surface area contributed by atoms with Crippen molar-refractivity contribution in [2.45, 2.75) is 26.7 Å². The molecule has 0 heterocycles. The van der Waals surface area contributed by atoms with Crippen LogP contribution in [0.15, 0.2) is 48.0 Å². The van der Waals surface area contributed by atoms with Crippen LogP contribution in [0.1, 0.15) is 30.0 Å². The highest BCUT2D eigenvalue weighted by Crippen LogP contribution is 2.28. The number of hydrogen-bond donors (Lipinski definition) is 0. The molecular formula is C18H18. The first kappa shape index (κ1) is 11.3. The zero-order valence-electron chi connectivity index (χ0n) is 11.0. The van der Waals surface area contributed by atoms with Gasteiger partial charge in [0, 0.05) is 0 Å². The van der Waals surface area contributed by atoms with Crippen LogP contribution in [0.5, 0.6) is 0 Å². The van der Waals surface area contributed by atoms with Gasteiger partial charge in [0.15, 0.2) is 0 Å². The third-order valence-electron chi connectivity index (χ3n) is 3.72. The Morgan fingerprint density at radius 2 is 1.50 bits per heavy atom. The molecule has 0 aromatic heterocycles. The summed E-state index contributed by atoms with van der Waals surface area (Å²) in [5, 5.41) is 0. The molecule has 1 aliphatic rings. The van der Waals surface area contributed by atoms with Gasteiger partial charge in [-0.15, -0.1) is 0 Å². The van der Waals surface area contributed by atoms with Gasteiger partial charge in [0.25, 0.3) is 0 Å². The molecule has 0 atom stereocenters. The quantitative estimate of drug-likeness (QED) is 0.650. The van der Waals surface area contributed by atoms with E-state index < -0.39 is 0 Å². The van der Waals surface area contributed by atoms with Gasteiger partial charge < -0.3 is 0 Å². The number of hydrogen-bond acceptors (Lipinski definition) is 0. The van der Waals surface area contributed by atoms with Crippen LogP contribution < -0.4 is 0 Å². The van der Waals surface area contributed by atoms with Crippen LogP contribution in [-0.2, 0) is 6.42 Å². The zero-order chi connectivity index (χ0) is 12.5. The van der Waals surface area contributed by atoms with Crippen molar-refractivity contribution in [1.29, 1.82) is 0 Å². The fourth-order valence-electron chi connectivity index (χ4n) is 2.56. The van der Waals surface area contributed by atoms with Gasteiger partial charge in [0.1, 0.15) is 0 Å². The van der Waals surface area contributed by atoms with Crippen LogP contribution in [0, 0.1) is 6.92 Å². The van der Waals surface area contributed by atoms with Gasteiger partial charge in [-0.1, -0.05) is 59.7 Å². The highest BCUT2D eigenvalue weighted by Gasteiger charge is 2.09. The molecule has 90 valence electrons. The van der Waals surface area contributed by atoms with Gasteiger partial charge in [-0.25, -0.2) is 0 Å². The first-order chi connectivity index (χ1) is 8.72. The van der Waals surface area contributed by atoms with E-state index in [4.69, 9.17) is 0 Å². The first-order valence-electron chi connectivity index (χ1n) is 6.59. The minimum atomic E-state index is 1.18. The van der Waals surface area contributed by atoms with Crippen molar-refractivity contribution in [3.8, 4) is 11.1 Å². The minimum absolute atomic E-state index is 1.18. The first-order valence-corrected chi connectivity index (χ1v) is 6.59. The predicted molar refractivity (Wildman–Crippen MR) is 78.6 cm³/mol. The third-order valence-corrected chi connectivity index (χ3v) is 3.72. The van der Waals surface area contributed by atoms with Gasteiger partial charge >= 0.3 is 0 Å². The van der Waals surface area contributed by atoms with Crippen molar-refractivity contribution in [2.75, 3.05) is 0 Å². The monoisotopic (exact) mass is 234 g/mol. The molecule has 0 unspecified atom stereocenters. The Hall–Kier alpha value is -1.82. The van der Waals surface area contributed by atoms with Crippen LogP contribution in [0.4, 0.5) is 0 Å². The van der Waals surface area contributed by atoms with E-state index in [1.54, 1.807) is 0 Å². The molecule has 0 radical (unpaired) electrons. The number of allylic oxidation sites excluding steroid dienone is 1. The molecular weight excluding hydrogens is 216 g/mol. The largest absolute Gasteiger partial charge is 0.0724 e. The Morgan fingerprint density at radius 3 is 2.28 bits per heavy atom. The third kappa shape index (κ3) is 2.11. The average molecular weight is 234 g/mol. The topological polar surface area (TPSA) is 0 Å². The van der Waals surface area contributed by atoms with Crippen molar-refractivity contribution >= 4 is 6.08 Å². The van der Waals surface area contributed by atoms with Crippen molar-refractivity contribution < 1.29 is 0 Å². The maximum Gasteiger partial charge on any atom is -0.0181 e. The Kier molecular flexibility index (Phi) is 2.79. The van der Waals surface area contributed by atoms with Crippen LogP contribution in [0.3, 0.4) is 0 Å². The highest BCUT2D eigenvalue weighted by atomic mass is 14.1. The van der Waals surface area contributed by atoms with E-state index >= 15 is 0 Å². The average Bonchev–Trinajstić information content (AvgIpc) is 2.39. The Balaban J connectivity index is 2.03. The smallest absolute Gasteiger partial charge is 0.0181 e. The maximum absolute atomic E-state index is 2.35. The molecule has 2 aromatic rings. The molecule has 0 bridgehead atoms. The Morgan fingerprint density at radius 1 is 0.778 bits per heavy atom. The van der Waals surface area contributed by atoms with Crippen LogP contribution in [0.2, 0.25) is 0 Å². The molecule has 0 heteroatoms. The SMILES string of the molecule is CC1=Cc2ccc(-c3ccc(C)cc3)cc2CC1. The van der Waals surface area contributed by atoms with Gasteiger partial charge in [-0.05, 0) is 48.9 Å². The molecule has 0 N–H and O–H groups in total. The minimum Gasteiger partial charge on any atom is -0.0724 e. The Bertz CT molecular complexity index is 600. The summed E-state index contributed by atoms with van der Waals surface area (Å²) in [7, 11) is 0. The summed E-state index contributed by atoms with van der Waals surface area (Å²) < 4.78 is 0. The molecule has 3 rings (SSSR count). The van der Waals surface area contributed by atoms with Crippen molar-refractivity contribution in [3.05, 3.63) is 64.7 Å². The Labute approximate surface area is 109 Å². The highest BCUT2D eigenvalue weighted by molar-refractivity contribution is 5.69. The van der Waals surface area contributed by atoms with E-state index in [1.165, 1.54) is 46.2 Å². The fraction of sp³-hybridized carbons (Fsp3) is 0.222. The fourth-order valence-corrected chi connectivity index (χ4v) is 2.56. The molecule has 0 spiro atoms. The molecule has 1 aliphatic carbocycles. The lowest BCUT2D eigenvalue weighted by Gasteiger charge is -2.15. The maximum atomic E-state index is 2.35. The molecule has 18 heavy (non-hydrogen) atoms. The van der Waals surface area contributed by atoms with Crippen molar-refractivity contribution in [3.63, 3.8) is 0 Å². The van der Waals surface area contributed by atoms with Crippen LogP contribution >= 0.6 is 0 Å². The van der Waals surface area contributed by atoms with E-state index in [9.17, 15) is 0 Å². The number of benzene rings is 2. The molecule has 0 saturated heterocycles. The lowest BCUT2D eigenvalue weighted by molar-refractivity contribution is 0.928. The summed E-state index contributed by atoms with van der Waals surface area (Å²) in [5.74, 6) is 0. The number of aryl methyl sites for hydroxylation is 2. The van der Waals surface area contributed by atoms with Gasteiger partial charge in [0.05, 0.1) is 0 Å². The molecule has 0 amide bonds. The van der Waals surface area contributed by atoms with E-state index in [2.05, 4.69) is 62.4 Å². The summed E-state index contributed by atoms with van der Waals surface area (Å²) in [6.07, 6.45) is 4.69. The second-order valence-electron chi connectivity index (χ2n) is 5.27. The van der Waals surface area contributed by atoms with Crippen LogP contribution in [-0.4, -0.2) is 0 Å². The lowest BCUT2D eigenvalue weighted by atomic mass is 9.90. The molecule has 0 aliphatic heterocycles. The van der Waals surface area contributed by atoms with Crippen molar-refractivity contribution in [2.24, 2.45) is 0 Å². The molecule has 0 nitrogen and oxygen atoms in total. The summed E-state index contributed by atoms with van der Waals surface area (Å²) in [6, 6.07) is 15.6. The second kappa shape index (κ2) is 4.45. The normalized spacial score (nSPS) is 14.0. The summed E-state index contributed by atoms with van der Waals surface area (Å²) in [6.45, 7) is 4.35. The van der Waals surface area contributed by atoms with E-state index in [-0.39, 0.29) is 0 Å². The summed E-state index contributed by atoms with van der Waals surface area (Å²) in [5.41, 5.74) is 8.34. The van der Waals surface area contributed by atoms with Crippen LogP contribution in [0.25, 0.3) is 17.2 Å². The second-order valence-corrected chi connectivity index (χ2v) is 5.27. The molecule has 0 saturated carbocycles. The van der Waals surface area contributed by atoms with E-state index in [0.29, 0.717) is 0 Å². The number of rotatable bonds is 1. The van der Waals surface area contributed by atoms with E-state index in [0.717, 1.165) is 0 Å². The standard InChI is InChI=1S/C18H18/c1-13-3-6-15(7-4-13)17-10-9-16-11-14(2)5-8-18(16)12-17/h3-4,6-7,9-12H,5,8H2,1-2H3. The van der Waals surface area contributed by atoms with Crippen molar-refractivity contribution in [1.82, 2.24) is 0 Å². The predicted octanol–water partition coefficient (Wildman–Crippen LogP) is 5.01. The molecule has 2 aromatic carbocycles. The summed E-state index contributed by atoms with van der Waals surface area (Å²) >= 11 is 0. The molecule has 0 fully saturated rings. The van der Waals surface area contributed by atoms with Gasteiger partial charge in [0.2, 0.25) is 0 Å². The summed E-state index contributed by atoms with van der Waals surface area (Å²) in [4.78, 5) is 0. The van der Waals surface area contributed by atoms with Gasteiger partial charge in [-0.2, -0.15) is 0 Å². The zero-order valence-corrected chi connectivity index (χ0v) is 11.0.